The first kappa shape index (κ1) is 19.2. The molecule has 1 heterocycles. The van der Waals surface area contributed by atoms with E-state index in [1.807, 2.05) is 0 Å². The summed E-state index contributed by atoms with van der Waals surface area (Å²) in [6.07, 6.45) is 0. The van der Waals surface area contributed by atoms with Gasteiger partial charge in [-0.2, -0.15) is 0 Å². The van der Waals surface area contributed by atoms with Crippen LogP contribution in [0.4, 0.5) is 0 Å². The monoisotopic (exact) mass is 377 g/mol. The number of hydrogen-bond acceptors (Lipinski definition) is 8. The molecule has 2 N–H and O–H groups in total. The van der Waals surface area contributed by atoms with Gasteiger partial charge in [0, 0.05) is 12.8 Å². The number of carbonyl (C=O) groups is 4. The Morgan fingerprint density at radius 3 is 2.40 bits per heavy atom. The fourth-order valence-electron chi connectivity index (χ4n) is 3.28. The molecule has 1 saturated carbocycles. The van der Waals surface area contributed by atoms with Gasteiger partial charge in [0.05, 0.1) is 29.9 Å². The van der Waals surface area contributed by atoms with Crippen LogP contribution in [0.3, 0.4) is 0 Å². The quantitative estimate of drug-likeness (QED) is 0.518. The van der Waals surface area contributed by atoms with Crippen molar-refractivity contribution in [1.82, 2.24) is 5.32 Å². The molecule has 0 unspecified atom stereocenters. The standard InChI is InChI=1S/C14H19NO9S/c1-6(4-24-7(2)16)11(17)15-14(13(19)20)5-25(21,22)10-8(9(10)14)12(18)23-3/h6,8-10H,4-5H2,1-3H3,(H,15,17)(H,19,20)/t6-,8+,9+,10-,14-/m0/s1. The number of esters is 2. The molecular formula is C14H19NO9S. The molecule has 5 atom stereocenters. The molecule has 1 aliphatic heterocycles. The number of carboxylic acids is 1. The van der Waals surface area contributed by atoms with Crippen molar-refractivity contribution in [2.24, 2.45) is 17.8 Å². The molecule has 2 aliphatic rings. The van der Waals surface area contributed by atoms with Crippen LogP contribution in [0.25, 0.3) is 0 Å². The zero-order chi connectivity index (χ0) is 19.2. The molecule has 2 fully saturated rings. The van der Waals surface area contributed by atoms with Crippen molar-refractivity contribution < 1.29 is 42.2 Å². The van der Waals surface area contributed by atoms with Crippen LogP contribution >= 0.6 is 0 Å². The lowest BCUT2D eigenvalue weighted by molar-refractivity contribution is -0.151. The molecule has 0 radical (unpaired) electrons. The van der Waals surface area contributed by atoms with Crippen LogP contribution in [0, 0.1) is 17.8 Å². The second-order valence-corrected chi connectivity index (χ2v) is 8.47. The first-order chi connectivity index (χ1) is 11.5. The van der Waals surface area contributed by atoms with Crippen molar-refractivity contribution in [3.05, 3.63) is 0 Å². The van der Waals surface area contributed by atoms with Crippen molar-refractivity contribution in [2.75, 3.05) is 19.5 Å². The summed E-state index contributed by atoms with van der Waals surface area (Å²) in [5, 5.41) is 10.7. The molecule has 140 valence electrons. The van der Waals surface area contributed by atoms with E-state index in [-0.39, 0.29) is 6.61 Å². The second-order valence-electron chi connectivity index (χ2n) is 6.32. The van der Waals surface area contributed by atoms with E-state index in [9.17, 15) is 32.7 Å². The molecule has 0 bridgehead atoms. The van der Waals surface area contributed by atoms with Crippen molar-refractivity contribution in [1.29, 1.82) is 0 Å². The summed E-state index contributed by atoms with van der Waals surface area (Å²) in [5.41, 5.74) is -2.11. The maximum absolute atomic E-state index is 12.3. The highest BCUT2D eigenvalue weighted by Gasteiger charge is 2.79. The van der Waals surface area contributed by atoms with E-state index in [1.54, 1.807) is 0 Å². The predicted octanol–water partition coefficient (Wildman–Crippen LogP) is -1.66. The minimum atomic E-state index is -3.89. The van der Waals surface area contributed by atoms with Crippen molar-refractivity contribution >= 4 is 33.7 Å². The molecule has 10 nitrogen and oxygen atoms in total. The number of amides is 1. The minimum absolute atomic E-state index is 0.280. The highest BCUT2D eigenvalue weighted by molar-refractivity contribution is 7.92. The number of methoxy groups -OCH3 is 1. The van der Waals surface area contributed by atoms with Gasteiger partial charge in [-0.15, -0.1) is 0 Å². The van der Waals surface area contributed by atoms with Crippen LogP contribution in [0.1, 0.15) is 13.8 Å². The molecule has 0 aromatic heterocycles. The lowest BCUT2D eigenvalue weighted by atomic mass is 9.93. The number of carbonyl (C=O) groups excluding carboxylic acids is 3. The number of sulfone groups is 1. The highest BCUT2D eigenvalue weighted by atomic mass is 32.2. The third-order valence-electron chi connectivity index (χ3n) is 4.55. The van der Waals surface area contributed by atoms with Gasteiger partial charge >= 0.3 is 17.9 Å². The van der Waals surface area contributed by atoms with E-state index in [1.165, 1.54) is 6.92 Å². The number of aliphatic carboxylic acids is 1. The number of fused-ring (bicyclic) bond motifs is 1. The fourth-order valence-corrected chi connectivity index (χ4v) is 5.98. The average molecular weight is 377 g/mol. The van der Waals surface area contributed by atoms with Gasteiger partial charge in [0.2, 0.25) is 5.91 Å². The molecule has 25 heavy (non-hydrogen) atoms. The first-order valence-electron chi connectivity index (χ1n) is 7.46. The van der Waals surface area contributed by atoms with Crippen LogP contribution in [0.2, 0.25) is 0 Å². The molecule has 2 rings (SSSR count). The Morgan fingerprint density at radius 2 is 1.92 bits per heavy atom. The Balaban J connectivity index is 2.25. The molecule has 0 aromatic rings. The van der Waals surface area contributed by atoms with Gasteiger partial charge in [-0.05, 0) is 0 Å². The number of carboxylic acid groups (broad SMARTS) is 1. The van der Waals surface area contributed by atoms with Crippen LogP contribution < -0.4 is 5.32 Å². The van der Waals surface area contributed by atoms with Gasteiger partial charge < -0.3 is 19.9 Å². The lowest BCUT2D eigenvalue weighted by Crippen LogP contribution is -2.60. The van der Waals surface area contributed by atoms with Gasteiger partial charge in [0.15, 0.2) is 15.4 Å². The summed E-state index contributed by atoms with van der Waals surface area (Å²) in [4.78, 5) is 46.6. The van der Waals surface area contributed by atoms with Crippen LogP contribution in [-0.2, 0) is 38.5 Å². The Bertz CT molecular complexity index is 731. The number of ether oxygens (including phenoxy) is 2. The largest absolute Gasteiger partial charge is 0.479 e. The first-order valence-corrected chi connectivity index (χ1v) is 9.17. The van der Waals surface area contributed by atoms with Crippen LogP contribution in [0.5, 0.6) is 0 Å². The summed E-state index contributed by atoms with van der Waals surface area (Å²) >= 11 is 0. The molecule has 1 aliphatic carbocycles. The second kappa shape index (κ2) is 6.28. The number of hydrogen-bond donors (Lipinski definition) is 2. The van der Waals surface area contributed by atoms with Gasteiger partial charge in [-0.3, -0.25) is 14.4 Å². The van der Waals surface area contributed by atoms with E-state index in [0.29, 0.717) is 0 Å². The zero-order valence-electron chi connectivity index (χ0n) is 13.8. The SMILES string of the molecule is COC(=O)[C@@H]1[C@@H]2[C@H]1S(=O)(=O)C[C@@]2(NC(=O)[C@@H](C)COC(C)=O)C(=O)O. The fraction of sp³-hybridized carbons (Fsp3) is 0.714. The molecule has 0 spiro atoms. The topological polar surface area (TPSA) is 153 Å². The van der Waals surface area contributed by atoms with E-state index in [4.69, 9.17) is 4.74 Å². The summed E-state index contributed by atoms with van der Waals surface area (Å²) in [6.45, 7) is 2.28. The lowest BCUT2D eigenvalue weighted by Gasteiger charge is -2.29. The summed E-state index contributed by atoms with van der Waals surface area (Å²) in [5.74, 6) is -7.66. The third-order valence-corrected chi connectivity index (χ3v) is 6.83. The average Bonchev–Trinajstić information content (AvgIpc) is 3.22. The smallest absolute Gasteiger partial charge is 0.330 e. The Hall–Kier alpha value is -2.17. The van der Waals surface area contributed by atoms with E-state index < -0.39 is 67.9 Å². The van der Waals surface area contributed by atoms with Crippen LogP contribution in [-0.4, -0.2) is 67.6 Å². The van der Waals surface area contributed by atoms with Gasteiger partial charge in [0.25, 0.3) is 0 Å². The number of rotatable bonds is 6. The van der Waals surface area contributed by atoms with E-state index in [2.05, 4.69) is 10.1 Å². The van der Waals surface area contributed by atoms with Crippen molar-refractivity contribution in [2.45, 2.75) is 24.6 Å². The van der Waals surface area contributed by atoms with E-state index in [0.717, 1.165) is 14.0 Å². The van der Waals surface area contributed by atoms with Gasteiger partial charge in [-0.25, -0.2) is 13.2 Å². The highest BCUT2D eigenvalue weighted by Crippen LogP contribution is 2.58. The Morgan fingerprint density at radius 1 is 1.32 bits per heavy atom. The van der Waals surface area contributed by atoms with Crippen molar-refractivity contribution in [3.8, 4) is 0 Å². The van der Waals surface area contributed by atoms with Gasteiger partial charge in [0.1, 0.15) is 6.61 Å². The third kappa shape index (κ3) is 3.20. The molecule has 0 aromatic carbocycles. The van der Waals surface area contributed by atoms with E-state index >= 15 is 0 Å². The van der Waals surface area contributed by atoms with Crippen LogP contribution in [0.15, 0.2) is 0 Å². The molecular weight excluding hydrogens is 358 g/mol. The maximum atomic E-state index is 12.3. The van der Waals surface area contributed by atoms with Gasteiger partial charge in [-0.1, -0.05) is 6.92 Å². The molecule has 11 heteroatoms. The molecule has 1 amide bonds. The number of nitrogens with one attached hydrogen (secondary N) is 1. The zero-order valence-corrected chi connectivity index (χ0v) is 14.7. The maximum Gasteiger partial charge on any atom is 0.330 e. The minimum Gasteiger partial charge on any atom is -0.479 e. The summed E-state index contributed by atoms with van der Waals surface area (Å²) in [6, 6.07) is 0. The predicted molar refractivity (Wildman–Crippen MR) is 80.9 cm³/mol. The summed E-state index contributed by atoms with van der Waals surface area (Å²) in [7, 11) is -2.81. The summed E-state index contributed by atoms with van der Waals surface area (Å²) < 4.78 is 33.7. The van der Waals surface area contributed by atoms with Crippen molar-refractivity contribution in [3.63, 3.8) is 0 Å². The molecule has 1 saturated heterocycles. The Kier molecular flexibility index (Phi) is 4.81. The normalized spacial score (nSPS) is 32.8. The Labute approximate surface area is 143 Å².